The molecule has 1 aromatic rings. The van der Waals surface area contributed by atoms with Gasteiger partial charge < -0.3 is 10.2 Å². The summed E-state index contributed by atoms with van der Waals surface area (Å²) in [5.74, 6) is -0.0130. The van der Waals surface area contributed by atoms with Gasteiger partial charge in [0.1, 0.15) is 6.04 Å². The Balaban J connectivity index is 2.05. The van der Waals surface area contributed by atoms with Crippen molar-refractivity contribution >= 4 is 11.8 Å². The maximum absolute atomic E-state index is 12.6. The van der Waals surface area contributed by atoms with Crippen LogP contribution in [0, 0.1) is 0 Å². The second-order valence-corrected chi connectivity index (χ2v) is 5.77. The van der Waals surface area contributed by atoms with E-state index in [1.165, 1.54) is 0 Å². The second kappa shape index (κ2) is 7.25. The Morgan fingerprint density at radius 2 is 2.00 bits per heavy atom. The normalized spacial score (nSPS) is 20.3. The van der Waals surface area contributed by atoms with Crippen LogP contribution >= 0.6 is 0 Å². The first kappa shape index (κ1) is 15.5. The first-order valence-electron chi connectivity index (χ1n) is 7.75. The van der Waals surface area contributed by atoms with Crippen molar-refractivity contribution in [2.45, 2.75) is 51.6 Å². The summed E-state index contributed by atoms with van der Waals surface area (Å²) in [4.78, 5) is 26.2. The lowest BCUT2D eigenvalue weighted by Crippen LogP contribution is -2.60. The Hall–Kier alpha value is -1.84. The molecule has 1 saturated heterocycles. The van der Waals surface area contributed by atoms with Gasteiger partial charge in [0.2, 0.25) is 11.8 Å². The van der Waals surface area contributed by atoms with Crippen molar-refractivity contribution in [1.29, 1.82) is 0 Å². The Bertz CT molecular complexity index is 487. The Morgan fingerprint density at radius 3 is 2.67 bits per heavy atom. The van der Waals surface area contributed by atoms with E-state index in [0.717, 1.165) is 24.8 Å². The average Bonchev–Trinajstić information content (AvgIpc) is 2.49. The molecular formula is C17H24N2O2. The van der Waals surface area contributed by atoms with Gasteiger partial charge in [0, 0.05) is 12.5 Å². The summed E-state index contributed by atoms with van der Waals surface area (Å²) in [7, 11) is 0. The van der Waals surface area contributed by atoms with Gasteiger partial charge >= 0.3 is 0 Å². The third-order valence-corrected chi connectivity index (χ3v) is 4.02. The highest BCUT2D eigenvalue weighted by Crippen LogP contribution is 2.15. The summed E-state index contributed by atoms with van der Waals surface area (Å²) in [6, 6.07) is 9.51. The van der Waals surface area contributed by atoms with Gasteiger partial charge in [-0.1, -0.05) is 50.1 Å². The third-order valence-electron chi connectivity index (χ3n) is 4.02. The van der Waals surface area contributed by atoms with Gasteiger partial charge in [-0.05, 0) is 18.9 Å². The number of hydrogen-bond donors (Lipinski definition) is 1. The highest BCUT2D eigenvalue weighted by atomic mass is 16.2. The third kappa shape index (κ3) is 4.06. The van der Waals surface area contributed by atoms with Crippen LogP contribution in [0.15, 0.2) is 30.3 Å². The van der Waals surface area contributed by atoms with E-state index in [9.17, 15) is 9.59 Å². The smallest absolute Gasteiger partial charge is 0.246 e. The summed E-state index contributed by atoms with van der Waals surface area (Å²) in [5, 5.41) is 2.83. The van der Waals surface area contributed by atoms with E-state index in [-0.39, 0.29) is 24.4 Å². The quantitative estimate of drug-likeness (QED) is 0.872. The molecule has 1 aliphatic heterocycles. The number of carbonyl (C=O) groups is 2. The first-order valence-corrected chi connectivity index (χ1v) is 7.75. The predicted octanol–water partition coefficient (Wildman–Crippen LogP) is 2.13. The molecule has 2 unspecified atom stereocenters. The van der Waals surface area contributed by atoms with E-state index in [4.69, 9.17) is 0 Å². The van der Waals surface area contributed by atoms with Crippen LogP contribution in [0.1, 0.15) is 38.7 Å². The molecule has 2 rings (SSSR count). The molecule has 0 saturated carbocycles. The summed E-state index contributed by atoms with van der Waals surface area (Å²) < 4.78 is 0. The minimum Gasteiger partial charge on any atom is -0.342 e. The molecule has 1 aromatic carbocycles. The molecule has 21 heavy (non-hydrogen) atoms. The fraction of sp³-hybridized carbons (Fsp3) is 0.529. The lowest BCUT2D eigenvalue weighted by Gasteiger charge is -2.36. The van der Waals surface area contributed by atoms with Crippen molar-refractivity contribution in [3.8, 4) is 0 Å². The molecule has 1 aliphatic rings. The van der Waals surface area contributed by atoms with Crippen LogP contribution in [0.3, 0.4) is 0 Å². The van der Waals surface area contributed by atoms with E-state index < -0.39 is 6.04 Å². The van der Waals surface area contributed by atoms with Crippen LogP contribution in [0.5, 0.6) is 0 Å². The van der Waals surface area contributed by atoms with Gasteiger partial charge in [-0.2, -0.15) is 0 Å². The lowest BCUT2D eigenvalue weighted by atomic mass is 10.0. The molecule has 2 amide bonds. The highest BCUT2D eigenvalue weighted by molar-refractivity contribution is 5.95. The van der Waals surface area contributed by atoms with Crippen LogP contribution in [0.2, 0.25) is 0 Å². The van der Waals surface area contributed by atoms with E-state index in [2.05, 4.69) is 12.2 Å². The maximum atomic E-state index is 12.6. The van der Waals surface area contributed by atoms with Crippen LogP contribution in [0.4, 0.5) is 0 Å². The molecule has 1 heterocycles. The van der Waals surface area contributed by atoms with Crippen LogP contribution in [0.25, 0.3) is 0 Å². The van der Waals surface area contributed by atoms with Crippen molar-refractivity contribution in [1.82, 2.24) is 10.2 Å². The number of amides is 2. The van der Waals surface area contributed by atoms with Gasteiger partial charge in [-0.15, -0.1) is 0 Å². The molecule has 0 aliphatic carbocycles. The van der Waals surface area contributed by atoms with Crippen molar-refractivity contribution < 1.29 is 9.59 Å². The van der Waals surface area contributed by atoms with E-state index in [1.807, 2.05) is 37.3 Å². The zero-order valence-electron chi connectivity index (χ0n) is 12.8. The van der Waals surface area contributed by atoms with Gasteiger partial charge in [0.15, 0.2) is 0 Å². The van der Waals surface area contributed by atoms with E-state index in [0.29, 0.717) is 6.42 Å². The maximum Gasteiger partial charge on any atom is 0.246 e. The fourth-order valence-electron chi connectivity index (χ4n) is 2.75. The molecule has 4 heteroatoms. The summed E-state index contributed by atoms with van der Waals surface area (Å²) in [6.45, 7) is 4.36. The number of carbonyl (C=O) groups excluding carboxylic acids is 2. The number of hydrogen-bond acceptors (Lipinski definition) is 2. The predicted molar refractivity (Wildman–Crippen MR) is 82.8 cm³/mol. The molecule has 0 aromatic heterocycles. The Morgan fingerprint density at radius 1 is 1.29 bits per heavy atom. The van der Waals surface area contributed by atoms with Crippen molar-refractivity contribution in [2.75, 3.05) is 6.54 Å². The molecule has 0 radical (unpaired) electrons. The number of piperazine rings is 1. The molecule has 0 spiro atoms. The van der Waals surface area contributed by atoms with Gasteiger partial charge in [0.25, 0.3) is 0 Å². The molecule has 1 fully saturated rings. The molecule has 2 atom stereocenters. The first-order chi connectivity index (χ1) is 10.1. The van der Waals surface area contributed by atoms with E-state index >= 15 is 0 Å². The molecule has 114 valence electrons. The monoisotopic (exact) mass is 288 g/mol. The SMILES string of the molecule is CCCCC(C)N1CC(=O)NC(Cc2ccccc2)C1=O. The van der Waals surface area contributed by atoms with Crippen LogP contribution in [-0.4, -0.2) is 35.3 Å². The second-order valence-electron chi connectivity index (χ2n) is 5.77. The minimum absolute atomic E-state index is 0.0436. The number of benzene rings is 1. The summed E-state index contributed by atoms with van der Waals surface area (Å²) in [6.07, 6.45) is 3.69. The molecular weight excluding hydrogens is 264 g/mol. The number of unbranched alkanes of at least 4 members (excludes halogenated alkanes) is 1. The van der Waals surface area contributed by atoms with Crippen LogP contribution in [-0.2, 0) is 16.0 Å². The number of rotatable bonds is 6. The van der Waals surface area contributed by atoms with Gasteiger partial charge in [-0.25, -0.2) is 0 Å². The highest BCUT2D eigenvalue weighted by Gasteiger charge is 2.34. The molecule has 0 bridgehead atoms. The summed E-state index contributed by atoms with van der Waals surface area (Å²) in [5.41, 5.74) is 1.07. The minimum atomic E-state index is -0.433. The Labute approximate surface area is 126 Å². The van der Waals surface area contributed by atoms with Crippen molar-refractivity contribution in [3.05, 3.63) is 35.9 Å². The fourth-order valence-corrected chi connectivity index (χ4v) is 2.75. The van der Waals surface area contributed by atoms with Crippen molar-refractivity contribution in [3.63, 3.8) is 0 Å². The largest absolute Gasteiger partial charge is 0.342 e. The lowest BCUT2D eigenvalue weighted by molar-refractivity contribution is -0.146. The van der Waals surface area contributed by atoms with E-state index in [1.54, 1.807) is 4.90 Å². The zero-order chi connectivity index (χ0) is 15.2. The van der Waals surface area contributed by atoms with Crippen molar-refractivity contribution in [2.24, 2.45) is 0 Å². The average molecular weight is 288 g/mol. The van der Waals surface area contributed by atoms with Gasteiger partial charge in [0.05, 0.1) is 6.54 Å². The van der Waals surface area contributed by atoms with Gasteiger partial charge in [-0.3, -0.25) is 9.59 Å². The number of nitrogens with one attached hydrogen (secondary N) is 1. The van der Waals surface area contributed by atoms with Crippen LogP contribution < -0.4 is 5.32 Å². The standard InChI is InChI=1S/C17H24N2O2/c1-3-4-8-13(2)19-12-16(20)18-15(17(19)21)11-14-9-6-5-7-10-14/h5-7,9-10,13,15H,3-4,8,11-12H2,1-2H3,(H,18,20). The Kier molecular flexibility index (Phi) is 5.37. The summed E-state index contributed by atoms with van der Waals surface area (Å²) >= 11 is 0. The number of nitrogens with zero attached hydrogens (tertiary/aromatic N) is 1. The molecule has 4 nitrogen and oxygen atoms in total. The zero-order valence-corrected chi connectivity index (χ0v) is 12.8. The topological polar surface area (TPSA) is 49.4 Å². The molecule has 1 N–H and O–H groups in total.